The maximum Gasteiger partial charge on any atom is 0.164 e. The zero-order valence-corrected chi connectivity index (χ0v) is 28.6. The van der Waals surface area contributed by atoms with Crippen LogP contribution in [0, 0.1) is 0 Å². The van der Waals surface area contributed by atoms with Crippen molar-refractivity contribution < 1.29 is 12.6 Å². The van der Waals surface area contributed by atoms with Crippen molar-refractivity contribution in [2.75, 3.05) is 0 Å². The Kier molecular flexibility index (Phi) is 5.55. The Labute approximate surface area is 318 Å². The number of benzene rings is 8. The van der Waals surface area contributed by atoms with Crippen LogP contribution in [-0.4, -0.2) is 19.5 Å². The highest BCUT2D eigenvalue weighted by Crippen LogP contribution is 2.41. The van der Waals surface area contributed by atoms with Crippen LogP contribution in [0.25, 0.3) is 105 Å². The normalized spacial score (nSPS) is 13.3. The van der Waals surface area contributed by atoms with Crippen molar-refractivity contribution in [3.63, 3.8) is 0 Å². The van der Waals surface area contributed by atoms with Crippen molar-refractivity contribution in [1.29, 1.82) is 0 Å². The van der Waals surface area contributed by atoms with E-state index in [0.717, 1.165) is 43.7 Å². The molecule has 0 radical (unpaired) electrons. The molecular formula is C49H30N4O. The van der Waals surface area contributed by atoms with Gasteiger partial charge in [0, 0.05) is 44.3 Å². The minimum Gasteiger partial charge on any atom is -0.456 e. The van der Waals surface area contributed by atoms with Gasteiger partial charge in [-0.1, -0.05) is 146 Å². The molecule has 3 heterocycles. The topological polar surface area (TPSA) is 56.7 Å². The lowest BCUT2D eigenvalue weighted by molar-refractivity contribution is 0.668. The highest BCUT2D eigenvalue weighted by atomic mass is 16.3. The average molecular weight is 697 g/mol. The number of fused-ring (bicyclic) bond motifs is 7. The fourth-order valence-electron chi connectivity index (χ4n) is 7.42. The number of furan rings is 1. The molecule has 54 heavy (non-hydrogen) atoms. The summed E-state index contributed by atoms with van der Waals surface area (Å²) in [4.78, 5) is 15.0. The summed E-state index contributed by atoms with van der Waals surface area (Å²) < 4.78 is 63.5. The van der Waals surface area contributed by atoms with Crippen molar-refractivity contribution >= 4 is 54.5 Å². The van der Waals surface area contributed by atoms with Crippen LogP contribution < -0.4 is 0 Å². The molecule has 3 aromatic heterocycles. The van der Waals surface area contributed by atoms with Gasteiger partial charge < -0.3 is 8.98 Å². The van der Waals surface area contributed by atoms with E-state index in [-0.39, 0.29) is 63.2 Å². The molecule has 252 valence electrons. The van der Waals surface area contributed by atoms with Crippen molar-refractivity contribution in [2.45, 2.75) is 0 Å². The van der Waals surface area contributed by atoms with Crippen LogP contribution in [-0.2, 0) is 0 Å². The van der Waals surface area contributed by atoms with Crippen molar-refractivity contribution in [1.82, 2.24) is 19.5 Å². The van der Waals surface area contributed by atoms with Gasteiger partial charge in [0.2, 0.25) is 0 Å². The van der Waals surface area contributed by atoms with Crippen molar-refractivity contribution in [3.05, 3.63) is 182 Å². The van der Waals surface area contributed by atoms with Gasteiger partial charge in [0.15, 0.2) is 17.5 Å². The smallest absolute Gasteiger partial charge is 0.164 e. The van der Waals surface area contributed by atoms with E-state index in [9.17, 15) is 2.74 Å². The molecule has 8 aromatic carbocycles. The van der Waals surface area contributed by atoms with Crippen LogP contribution in [0.4, 0.5) is 0 Å². The van der Waals surface area contributed by atoms with Gasteiger partial charge in [0.1, 0.15) is 11.2 Å². The number of rotatable bonds is 5. The van der Waals surface area contributed by atoms with E-state index in [2.05, 4.69) is 18.2 Å². The Bertz CT molecular complexity index is 3550. The lowest BCUT2D eigenvalue weighted by atomic mass is 10.0. The van der Waals surface area contributed by atoms with Crippen molar-refractivity contribution in [3.8, 4) is 51.0 Å². The van der Waals surface area contributed by atoms with Gasteiger partial charge >= 0.3 is 0 Å². The molecule has 0 fully saturated rings. The predicted octanol–water partition coefficient (Wildman–Crippen LogP) is 12.7. The fraction of sp³-hybridized carbons (Fsp3) is 0. The quantitative estimate of drug-likeness (QED) is 0.180. The first-order chi connectivity index (χ1) is 29.3. The third-order valence-corrected chi connectivity index (χ3v) is 9.96. The summed E-state index contributed by atoms with van der Waals surface area (Å²) in [6, 6.07) is 45.6. The first-order valence-corrected chi connectivity index (χ1v) is 17.6. The number of hydrogen-bond acceptors (Lipinski definition) is 4. The summed E-state index contributed by atoms with van der Waals surface area (Å²) in [5.41, 5.74) is 5.20. The van der Waals surface area contributed by atoms with E-state index in [1.165, 1.54) is 0 Å². The largest absolute Gasteiger partial charge is 0.456 e. The molecule has 5 nitrogen and oxygen atoms in total. The molecule has 0 aliphatic carbocycles. The van der Waals surface area contributed by atoms with Crippen LogP contribution >= 0.6 is 0 Å². The summed E-state index contributed by atoms with van der Waals surface area (Å²) in [6.45, 7) is 0. The van der Waals surface area contributed by atoms with Crippen LogP contribution in [0.2, 0.25) is 0 Å². The van der Waals surface area contributed by atoms with Crippen molar-refractivity contribution in [2.24, 2.45) is 0 Å². The number of aromatic nitrogens is 4. The highest BCUT2D eigenvalue weighted by Gasteiger charge is 2.22. The third kappa shape index (κ3) is 4.90. The van der Waals surface area contributed by atoms with Crippen LogP contribution in [0.15, 0.2) is 186 Å². The first kappa shape index (κ1) is 24.8. The fourth-order valence-corrected chi connectivity index (χ4v) is 7.42. The number of hydrogen-bond donors (Lipinski definition) is 0. The predicted molar refractivity (Wildman–Crippen MR) is 221 cm³/mol. The minimum atomic E-state index is -0.465. The van der Waals surface area contributed by atoms with Crippen LogP contribution in [0.3, 0.4) is 0 Å². The molecule has 0 atom stereocenters. The molecule has 0 bridgehead atoms. The van der Waals surface area contributed by atoms with Gasteiger partial charge in [-0.05, 0) is 52.2 Å². The van der Waals surface area contributed by atoms with Crippen LogP contribution in [0.1, 0.15) is 8.22 Å². The Morgan fingerprint density at radius 3 is 1.83 bits per heavy atom. The second-order valence-corrected chi connectivity index (χ2v) is 13.2. The van der Waals surface area contributed by atoms with Gasteiger partial charge in [-0.3, -0.25) is 0 Å². The summed E-state index contributed by atoms with van der Waals surface area (Å²) in [5.74, 6) is 0.758. The van der Waals surface area contributed by atoms with Crippen LogP contribution in [0.5, 0.6) is 0 Å². The lowest BCUT2D eigenvalue weighted by Crippen LogP contribution is -2.01. The molecule has 0 saturated heterocycles. The van der Waals surface area contributed by atoms with Gasteiger partial charge in [0.25, 0.3) is 0 Å². The Hall–Kier alpha value is -7.37. The molecule has 0 spiro atoms. The summed E-state index contributed by atoms with van der Waals surface area (Å²) in [5, 5.41) is 4.08. The number of nitrogens with zero attached hydrogens (tertiary/aromatic N) is 4. The molecule has 11 aromatic rings. The van der Waals surface area contributed by atoms with Gasteiger partial charge in [-0.25, -0.2) is 15.0 Å². The highest BCUT2D eigenvalue weighted by molar-refractivity contribution is 6.15. The molecule has 0 aliphatic rings. The maximum atomic E-state index is 10.2. The van der Waals surface area contributed by atoms with Gasteiger partial charge in [-0.15, -0.1) is 0 Å². The summed E-state index contributed by atoms with van der Waals surface area (Å²) in [6.07, 6.45) is 0. The summed E-state index contributed by atoms with van der Waals surface area (Å²) >= 11 is 0. The van der Waals surface area contributed by atoms with E-state index in [1.807, 2.05) is 132 Å². The standard InChI is InChI=1S/C49H30N4O/c1-3-13-31(14-4-1)32-23-25-34(26-24-32)48-50-47(33-15-5-2-6-16-33)51-49(52-48)41-29-37(30-45-46(41)39-20-10-12-22-44(39)54-45)53-42-21-11-9-19-38(42)40-27-35-17-7-8-18-36(35)28-43(40)53/h1-30H/i10D,12D,20D,22D,29D,30D. The second-order valence-electron chi connectivity index (χ2n) is 13.2. The molecule has 0 aliphatic heterocycles. The molecule has 0 amide bonds. The van der Waals surface area contributed by atoms with E-state index in [1.54, 1.807) is 0 Å². The SMILES string of the molecule is [2H]c1c([2H])c([2H])c2c(oc3c([2H])c(-n4c5ccccc5c5cc6ccccc6cc54)c([2H])c(-c4nc(-c5ccccc5)nc(-c5ccc(-c6ccccc6)cc5)n4)c32)c1[2H]. The zero-order valence-electron chi connectivity index (χ0n) is 34.6. The zero-order chi connectivity index (χ0) is 40.8. The van der Waals surface area contributed by atoms with E-state index in [0.29, 0.717) is 22.8 Å². The third-order valence-electron chi connectivity index (χ3n) is 9.96. The van der Waals surface area contributed by atoms with E-state index >= 15 is 0 Å². The molecular weight excluding hydrogens is 661 g/mol. The molecule has 5 heteroatoms. The van der Waals surface area contributed by atoms with E-state index < -0.39 is 12.1 Å². The maximum absolute atomic E-state index is 10.2. The average Bonchev–Trinajstić information content (AvgIpc) is 3.84. The van der Waals surface area contributed by atoms with Gasteiger partial charge in [-0.2, -0.15) is 0 Å². The van der Waals surface area contributed by atoms with E-state index in [4.69, 9.17) is 24.9 Å². The molecule has 11 rings (SSSR count). The Morgan fingerprint density at radius 2 is 1.06 bits per heavy atom. The molecule has 0 unspecified atom stereocenters. The Balaban J connectivity index is 1.28. The summed E-state index contributed by atoms with van der Waals surface area (Å²) in [7, 11) is 0. The second kappa shape index (κ2) is 12.1. The first-order valence-electron chi connectivity index (χ1n) is 20.6. The Morgan fingerprint density at radius 1 is 0.463 bits per heavy atom. The molecule has 0 N–H and O–H groups in total. The minimum absolute atomic E-state index is 0.0137. The monoisotopic (exact) mass is 696 g/mol. The van der Waals surface area contributed by atoms with Gasteiger partial charge in [0.05, 0.1) is 24.9 Å². The number of para-hydroxylation sites is 2. The molecule has 0 saturated carbocycles. The lowest BCUT2D eigenvalue weighted by Gasteiger charge is -2.13.